The van der Waals surface area contributed by atoms with Crippen molar-refractivity contribution in [2.45, 2.75) is 58.2 Å². The Hall–Kier alpha value is -1.72. The summed E-state index contributed by atoms with van der Waals surface area (Å²) in [5.41, 5.74) is -0.228. The van der Waals surface area contributed by atoms with Crippen molar-refractivity contribution in [3.8, 4) is 0 Å². The fraction of sp³-hybridized carbons (Fsp3) is 0.632. The molecular formula is C19H26F3NO2. The molecule has 0 aliphatic carbocycles. The molecule has 2 rings (SSSR count). The zero-order valence-electron chi connectivity index (χ0n) is 15.2. The highest BCUT2D eigenvalue weighted by atomic mass is 19.4. The van der Waals surface area contributed by atoms with Gasteiger partial charge in [0, 0.05) is 13.1 Å². The van der Waals surface area contributed by atoms with Crippen LogP contribution in [0.2, 0.25) is 0 Å². The highest BCUT2D eigenvalue weighted by Crippen LogP contribution is 2.35. The van der Waals surface area contributed by atoms with Crippen molar-refractivity contribution in [1.82, 2.24) is 4.90 Å². The van der Waals surface area contributed by atoms with Crippen molar-refractivity contribution in [1.29, 1.82) is 0 Å². The number of likely N-dealkylation sites (tertiary alicyclic amines) is 1. The van der Waals surface area contributed by atoms with Gasteiger partial charge in [0.15, 0.2) is 0 Å². The third-order valence-corrected chi connectivity index (χ3v) is 4.66. The molecule has 0 bridgehead atoms. The van der Waals surface area contributed by atoms with Gasteiger partial charge in [0.1, 0.15) is 5.60 Å². The number of piperidine rings is 1. The topological polar surface area (TPSA) is 29.5 Å². The number of carbonyl (C=O) groups is 1. The molecule has 0 saturated carbocycles. The monoisotopic (exact) mass is 357 g/mol. The Bertz CT molecular complexity index is 582. The van der Waals surface area contributed by atoms with Gasteiger partial charge in [0.25, 0.3) is 0 Å². The molecule has 0 spiro atoms. The Kier molecular flexibility index (Phi) is 5.69. The van der Waals surface area contributed by atoms with Crippen molar-refractivity contribution >= 4 is 6.09 Å². The van der Waals surface area contributed by atoms with Crippen LogP contribution in [-0.2, 0) is 10.9 Å². The minimum atomic E-state index is -4.31. The molecule has 1 heterocycles. The maximum absolute atomic E-state index is 12.7. The van der Waals surface area contributed by atoms with Crippen molar-refractivity contribution < 1.29 is 22.7 Å². The molecule has 1 aliphatic rings. The highest BCUT2D eigenvalue weighted by Gasteiger charge is 2.32. The molecule has 140 valence electrons. The predicted molar refractivity (Wildman–Crippen MR) is 90.4 cm³/mol. The minimum absolute atomic E-state index is 0.156. The Balaban J connectivity index is 1.93. The lowest BCUT2D eigenvalue weighted by molar-refractivity contribution is -0.137. The number of benzene rings is 1. The number of carbonyl (C=O) groups excluding carboxylic acids is 1. The van der Waals surface area contributed by atoms with Crippen molar-refractivity contribution in [3.63, 3.8) is 0 Å². The number of ether oxygens (including phenoxy) is 1. The summed E-state index contributed by atoms with van der Waals surface area (Å²) in [6, 6.07) is 5.41. The normalized spacial score (nSPS) is 18.1. The summed E-state index contributed by atoms with van der Waals surface area (Å²) >= 11 is 0. The molecule has 0 radical (unpaired) electrons. The summed E-state index contributed by atoms with van der Waals surface area (Å²) in [7, 11) is 0. The third-order valence-electron chi connectivity index (χ3n) is 4.66. The predicted octanol–water partition coefficient (Wildman–Crippen LogP) is 5.46. The number of nitrogens with zero attached hydrogens (tertiary/aromatic N) is 1. The van der Waals surface area contributed by atoms with Gasteiger partial charge < -0.3 is 9.64 Å². The van der Waals surface area contributed by atoms with E-state index < -0.39 is 17.3 Å². The summed E-state index contributed by atoms with van der Waals surface area (Å²) in [5.74, 6) is 0.499. The van der Waals surface area contributed by atoms with Gasteiger partial charge in [-0.05, 0) is 63.1 Å². The quantitative estimate of drug-likeness (QED) is 0.704. The second kappa shape index (κ2) is 7.26. The summed E-state index contributed by atoms with van der Waals surface area (Å²) < 4.78 is 43.4. The molecule has 1 aromatic rings. The molecule has 1 amide bonds. The fourth-order valence-electron chi connectivity index (χ4n) is 3.16. The molecule has 25 heavy (non-hydrogen) atoms. The van der Waals surface area contributed by atoms with E-state index in [4.69, 9.17) is 4.74 Å². The zero-order valence-corrected chi connectivity index (χ0v) is 15.2. The molecule has 0 N–H and O–H groups in total. The first-order valence-electron chi connectivity index (χ1n) is 8.62. The van der Waals surface area contributed by atoms with Gasteiger partial charge in [-0.2, -0.15) is 13.2 Å². The second-order valence-electron chi connectivity index (χ2n) is 7.71. The van der Waals surface area contributed by atoms with Crippen LogP contribution in [0.3, 0.4) is 0 Å². The first-order chi connectivity index (χ1) is 11.5. The molecule has 1 atom stereocenters. The lowest BCUT2D eigenvalue weighted by Gasteiger charge is -2.36. The average molecular weight is 357 g/mol. The molecule has 1 saturated heterocycles. The number of hydrogen-bond donors (Lipinski definition) is 0. The van der Waals surface area contributed by atoms with Gasteiger partial charge in [-0.25, -0.2) is 4.79 Å². The number of hydrogen-bond acceptors (Lipinski definition) is 2. The molecule has 6 heteroatoms. The number of amides is 1. The van der Waals surface area contributed by atoms with E-state index in [1.54, 1.807) is 17.0 Å². The van der Waals surface area contributed by atoms with Gasteiger partial charge in [0.05, 0.1) is 5.56 Å². The summed E-state index contributed by atoms with van der Waals surface area (Å²) in [4.78, 5) is 13.8. The van der Waals surface area contributed by atoms with Crippen LogP contribution in [0.5, 0.6) is 0 Å². The van der Waals surface area contributed by atoms with E-state index >= 15 is 0 Å². The maximum atomic E-state index is 12.7. The lowest BCUT2D eigenvalue weighted by atomic mass is 9.81. The Morgan fingerprint density at radius 3 is 2.08 bits per heavy atom. The van der Waals surface area contributed by atoms with Crippen LogP contribution in [0.4, 0.5) is 18.0 Å². The zero-order chi connectivity index (χ0) is 18.8. The van der Waals surface area contributed by atoms with Gasteiger partial charge >= 0.3 is 12.3 Å². The van der Waals surface area contributed by atoms with Crippen molar-refractivity contribution in [3.05, 3.63) is 35.4 Å². The first-order valence-corrected chi connectivity index (χ1v) is 8.62. The van der Waals surface area contributed by atoms with Gasteiger partial charge in [0.2, 0.25) is 0 Å². The Morgan fingerprint density at radius 1 is 1.12 bits per heavy atom. The van der Waals surface area contributed by atoms with Crippen LogP contribution >= 0.6 is 0 Å². The van der Waals surface area contributed by atoms with Gasteiger partial charge in [-0.15, -0.1) is 0 Å². The summed E-state index contributed by atoms with van der Waals surface area (Å²) in [5, 5.41) is 0. The van der Waals surface area contributed by atoms with Gasteiger partial charge in [-0.3, -0.25) is 0 Å². The molecule has 1 unspecified atom stereocenters. The number of halogens is 3. The van der Waals surface area contributed by atoms with E-state index in [1.807, 2.05) is 27.7 Å². The molecule has 3 nitrogen and oxygen atoms in total. The molecule has 1 aliphatic heterocycles. The molecular weight excluding hydrogens is 331 g/mol. The van der Waals surface area contributed by atoms with Gasteiger partial charge in [-0.1, -0.05) is 19.1 Å². The standard InChI is InChI=1S/C19H26F3NO2/c1-13(14-5-7-16(8-6-14)19(20,21)22)15-9-11-23(12-10-15)17(24)25-18(2,3)4/h5-8,13,15H,9-12H2,1-4H3. The second-order valence-corrected chi connectivity index (χ2v) is 7.71. The van der Waals surface area contributed by atoms with E-state index in [0.29, 0.717) is 19.0 Å². The Labute approximate surface area is 147 Å². The summed E-state index contributed by atoms with van der Waals surface area (Å²) in [6.45, 7) is 8.78. The highest BCUT2D eigenvalue weighted by molar-refractivity contribution is 5.68. The van der Waals surface area contributed by atoms with Crippen molar-refractivity contribution in [2.75, 3.05) is 13.1 Å². The van der Waals surface area contributed by atoms with Crippen LogP contribution < -0.4 is 0 Å². The minimum Gasteiger partial charge on any atom is -0.444 e. The van der Waals surface area contributed by atoms with Crippen molar-refractivity contribution in [2.24, 2.45) is 5.92 Å². The summed E-state index contributed by atoms with van der Waals surface area (Å²) in [6.07, 6.45) is -2.96. The number of alkyl halides is 3. The fourth-order valence-corrected chi connectivity index (χ4v) is 3.16. The van der Waals surface area contributed by atoms with E-state index in [-0.39, 0.29) is 12.0 Å². The van der Waals surface area contributed by atoms with Crippen LogP contribution in [0.15, 0.2) is 24.3 Å². The van der Waals surface area contributed by atoms with E-state index in [9.17, 15) is 18.0 Å². The largest absolute Gasteiger partial charge is 0.444 e. The molecule has 1 fully saturated rings. The van der Waals surface area contributed by atoms with Crippen LogP contribution in [0.1, 0.15) is 57.6 Å². The third kappa shape index (κ3) is 5.38. The Morgan fingerprint density at radius 2 is 1.64 bits per heavy atom. The van der Waals surface area contributed by atoms with Crippen LogP contribution in [0.25, 0.3) is 0 Å². The van der Waals surface area contributed by atoms with E-state index in [2.05, 4.69) is 0 Å². The maximum Gasteiger partial charge on any atom is 0.416 e. The SMILES string of the molecule is CC(c1ccc(C(F)(F)F)cc1)C1CCN(C(=O)OC(C)(C)C)CC1. The molecule has 0 aromatic heterocycles. The van der Waals surface area contributed by atoms with Crippen LogP contribution in [0, 0.1) is 5.92 Å². The first kappa shape index (κ1) is 19.6. The van der Waals surface area contributed by atoms with E-state index in [0.717, 1.165) is 30.5 Å². The average Bonchev–Trinajstić information content (AvgIpc) is 2.52. The smallest absolute Gasteiger partial charge is 0.416 e. The van der Waals surface area contributed by atoms with E-state index in [1.165, 1.54) is 0 Å². The number of rotatable bonds is 2. The molecule has 1 aromatic carbocycles. The lowest BCUT2D eigenvalue weighted by Crippen LogP contribution is -2.42. The van der Waals surface area contributed by atoms with Crippen LogP contribution in [-0.4, -0.2) is 29.7 Å².